The Kier molecular flexibility index (Phi) is 8.56. The zero-order valence-electron chi connectivity index (χ0n) is 23.6. The van der Waals surface area contributed by atoms with Crippen LogP contribution >= 0.6 is 0 Å². The second-order valence-corrected chi connectivity index (χ2v) is 12.1. The number of nitrogens with zero attached hydrogens (tertiary/aromatic N) is 4. The van der Waals surface area contributed by atoms with Crippen LogP contribution in [0.15, 0.2) is 24.5 Å². The van der Waals surface area contributed by atoms with Crippen LogP contribution < -0.4 is 9.64 Å². The van der Waals surface area contributed by atoms with E-state index in [4.69, 9.17) is 9.47 Å². The molecule has 0 spiro atoms. The van der Waals surface area contributed by atoms with Crippen molar-refractivity contribution in [1.82, 2.24) is 14.9 Å². The van der Waals surface area contributed by atoms with Crippen molar-refractivity contribution in [3.63, 3.8) is 0 Å². The summed E-state index contributed by atoms with van der Waals surface area (Å²) in [5.74, 6) is 0.948. The zero-order chi connectivity index (χ0) is 28.4. The van der Waals surface area contributed by atoms with Gasteiger partial charge in [-0.2, -0.15) is 0 Å². The number of aromatic nitrogens is 2. The molecule has 1 aliphatic carbocycles. The number of anilines is 1. The Labute approximate surface area is 234 Å². The molecule has 3 aliphatic rings. The van der Waals surface area contributed by atoms with Crippen molar-refractivity contribution < 1.29 is 28.2 Å². The number of halogens is 2. The third-order valence-corrected chi connectivity index (χ3v) is 8.84. The molecule has 2 atom stereocenters. The number of methoxy groups -OCH3 is 1. The van der Waals surface area contributed by atoms with E-state index in [1.807, 2.05) is 12.4 Å². The molecular formula is C30H40F2N4O4. The number of ether oxygens (including phenoxy) is 2. The molecule has 1 aromatic heterocycles. The summed E-state index contributed by atoms with van der Waals surface area (Å²) in [6.45, 7) is 6.99. The average molecular weight is 559 g/mol. The van der Waals surface area contributed by atoms with Crippen molar-refractivity contribution in [2.24, 2.45) is 23.7 Å². The van der Waals surface area contributed by atoms with Gasteiger partial charge in [0.15, 0.2) is 0 Å². The van der Waals surface area contributed by atoms with Gasteiger partial charge in [-0.25, -0.2) is 18.7 Å². The molecule has 5 rings (SSSR count). The Hall–Kier alpha value is -2.85. The minimum Gasteiger partial charge on any atom is -0.493 e. The van der Waals surface area contributed by atoms with Gasteiger partial charge in [0.1, 0.15) is 17.4 Å². The number of hydrogen-bond acceptors (Lipinski definition) is 7. The van der Waals surface area contributed by atoms with Crippen molar-refractivity contribution in [1.29, 1.82) is 0 Å². The van der Waals surface area contributed by atoms with Crippen LogP contribution in [0, 0.1) is 35.3 Å². The Morgan fingerprint density at radius 3 is 2.38 bits per heavy atom. The monoisotopic (exact) mass is 558 g/mol. The first-order valence-electron chi connectivity index (χ1n) is 14.3. The molecule has 3 heterocycles. The van der Waals surface area contributed by atoms with Crippen LogP contribution in [0.5, 0.6) is 5.75 Å². The van der Waals surface area contributed by atoms with Crippen molar-refractivity contribution in [3.05, 3.63) is 47.3 Å². The van der Waals surface area contributed by atoms with Gasteiger partial charge >= 0.3 is 0 Å². The SMILES string of the molecule is COCc1cnc(N2CCC([C@H]3C[C@H]3CCOc3cc(F)c(CC(=O)N4CC(C(C)(C)O)C4)c(F)c3)CC2)nc1. The number of carbonyl (C=O) groups excluding carboxylic acids is 1. The van der Waals surface area contributed by atoms with Gasteiger partial charge in [0.2, 0.25) is 11.9 Å². The highest BCUT2D eigenvalue weighted by Gasteiger charge is 2.43. The third-order valence-electron chi connectivity index (χ3n) is 8.84. The molecule has 2 saturated heterocycles. The first-order chi connectivity index (χ1) is 19.1. The summed E-state index contributed by atoms with van der Waals surface area (Å²) in [7, 11) is 1.66. The summed E-state index contributed by atoms with van der Waals surface area (Å²) in [5.41, 5.74) is -0.156. The number of benzene rings is 1. The van der Waals surface area contributed by atoms with E-state index in [1.54, 1.807) is 21.0 Å². The van der Waals surface area contributed by atoms with Crippen molar-refractivity contribution in [2.75, 3.05) is 44.8 Å². The molecule has 0 radical (unpaired) electrons. The number of likely N-dealkylation sites (tertiary alicyclic amines) is 1. The van der Waals surface area contributed by atoms with Crippen molar-refractivity contribution >= 4 is 11.9 Å². The Morgan fingerprint density at radius 1 is 1.12 bits per heavy atom. The van der Waals surface area contributed by atoms with Crippen molar-refractivity contribution in [3.8, 4) is 5.75 Å². The molecule has 1 N–H and O–H groups in total. The minimum atomic E-state index is -0.877. The van der Waals surface area contributed by atoms with Crippen LogP contribution in [0.4, 0.5) is 14.7 Å². The smallest absolute Gasteiger partial charge is 0.227 e. The topological polar surface area (TPSA) is 88.0 Å². The lowest BCUT2D eigenvalue weighted by molar-refractivity contribution is -0.143. The van der Waals surface area contributed by atoms with Crippen LogP contribution in [-0.4, -0.2) is 71.4 Å². The zero-order valence-corrected chi connectivity index (χ0v) is 23.6. The maximum absolute atomic E-state index is 14.7. The van der Waals surface area contributed by atoms with Gasteiger partial charge in [0.25, 0.3) is 0 Å². The quantitative estimate of drug-likeness (QED) is 0.446. The standard InChI is InChI=1S/C30H40F2N4O4/c1-30(2,38)22-16-36(17-22)28(37)13-25-26(31)11-23(12-27(25)32)40-9-6-21-10-24(21)20-4-7-35(8-5-20)29-33-14-19(15-34-29)18-39-3/h11-12,14-15,20-22,24,38H,4-10,13,16-18H2,1-3H3/t21-,24-/m1/s1. The summed E-state index contributed by atoms with van der Waals surface area (Å²) in [5, 5.41) is 10.0. The third kappa shape index (κ3) is 6.71. The molecular weight excluding hydrogens is 518 g/mol. The molecule has 218 valence electrons. The van der Waals surface area contributed by atoms with Gasteiger partial charge < -0.3 is 24.4 Å². The number of hydrogen-bond donors (Lipinski definition) is 1. The number of aliphatic hydroxyl groups is 1. The van der Waals surface area contributed by atoms with Crippen LogP contribution in [0.3, 0.4) is 0 Å². The Bertz CT molecular complexity index is 1150. The molecule has 2 aliphatic heterocycles. The highest BCUT2D eigenvalue weighted by Crippen LogP contribution is 2.50. The summed E-state index contributed by atoms with van der Waals surface area (Å²) >= 11 is 0. The number of rotatable bonds is 11. The fourth-order valence-corrected chi connectivity index (χ4v) is 6.01. The fourth-order valence-electron chi connectivity index (χ4n) is 6.01. The van der Waals surface area contributed by atoms with Crippen LogP contribution in [0.2, 0.25) is 0 Å². The molecule has 40 heavy (non-hydrogen) atoms. The molecule has 8 nitrogen and oxygen atoms in total. The Morgan fingerprint density at radius 2 is 1.77 bits per heavy atom. The summed E-state index contributed by atoms with van der Waals surface area (Å²) in [6, 6.07) is 2.34. The summed E-state index contributed by atoms with van der Waals surface area (Å²) in [6.07, 6.45) is 7.54. The number of piperidine rings is 1. The van der Waals surface area contributed by atoms with E-state index in [-0.39, 0.29) is 29.6 Å². The van der Waals surface area contributed by atoms with E-state index >= 15 is 0 Å². The lowest BCUT2D eigenvalue weighted by atomic mass is 9.84. The van der Waals surface area contributed by atoms with E-state index in [1.165, 1.54) is 23.5 Å². The van der Waals surface area contributed by atoms with Gasteiger partial charge in [-0.05, 0) is 57.3 Å². The maximum atomic E-state index is 14.7. The van der Waals surface area contributed by atoms with E-state index in [0.29, 0.717) is 44.1 Å². The van der Waals surface area contributed by atoms with E-state index < -0.39 is 17.2 Å². The predicted octanol–water partition coefficient (Wildman–Crippen LogP) is 3.99. The van der Waals surface area contributed by atoms with E-state index in [0.717, 1.165) is 43.9 Å². The lowest BCUT2D eigenvalue weighted by Gasteiger charge is -2.45. The molecule has 1 saturated carbocycles. The second kappa shape index (κ2) is 11.9. The maximum Gasteiger partial charge on any atom is 0.227 e. The molecule has 1 amide bonds. The predicted molar refractivity (Wildman–Crippen MR) is 146 cm³/mol. The number of amides is 1. The van der Waals surface area contributed by atoms with Gasteiger partial charge in [-0.3, -0.25) is 4.79 Å². The highest BCUT2D eigenvalue weighted by molar-refractivity contribution is 5.79. The molecule has 10 heteroatoms. The molecule has 1 aromatic carbocycles. The molecule has 0 bridgehead atoms. The van der Waals surface area contributed by atoms with E-state index in [9.17, 15) is 18.7 Å². The number of carbonyl (C=O) groups is 1. The van der Waals surface area contributed by atoms with Gasteiger partial charge in [0.05, 0.1) is 25.2 Å². The van der Waals surface area contributed by atoms with Crippen LogP contribution in [0.1, 0.15) is 50.7 Å². The van der Waals surface area contributed by atoms with E-state index in [2.05, 4.69) is 14.9 Å². The normalized spacial score (nSPS) is 21.9. The largest absolute Gasteiger partial charge is 0.493 e. The fraction of sp³-hybridized carbons (Fsp3) is 0.633. The minimum absolute atomic E-state index is 0.0279. The summed E-state index contributed by atoms with van der Waals surface area (Å²) < 4.78 is 40.2. The highest BCUT2D eigenvalue weighted by atomic mass is 19.1. The summed E-state index contributed by atoms with van der Waals surface area (Å²) in [4.78, 5) is 25.2. The van der Waals surface area contributed by atoms with Crippen molar-refractivity contribution in [2.45, 2.75) is 58.2 Å². The van der Waals surface area contributed by atoms with Gasteiger partial charge in [0, 0.05) is 74.9 Å². The lowest BCUT2D eigenvalue weighted by Crippen LogP contribution is -2.58. The average Bonchev–Trinajstić information content (AvgIpc) is 3.65. The van der Waals surface area contributed by atoms with Crippen LogP contribution in [-0.2, 0) is 22.6 Å². The second-order valence-electron chi connectivity index (χ2n) is 12.1. The first kappa shape index (κ1) is 28.7. The molecule has 0 unspecified atom stereocenters. The molecule has 3 fully saturated rings. The first-order valence-corrected chi connectivity index (χ1v) is 14.3. The van der Waals surface area contributed by atoms with Crippen LogP contribution in [0.25, 0.3) is 0 Å². The Balaban J connectivity index is 1.02. The van der Waals surface area contributed by atoms with Gasteiger partial charge in [-0.1, -0.05) is 0 Å². The molecule has 2 aromatic rings. The van der Waals surface area contributed by atoms with Gasteiger partial charge in [-0.15, -0.1) is 0 Å².